The Morgan fingerprint density at radius 3 is 2.60 bits per heavy atom. The van der Waals surface area contributed by atoms with E-state index in [2.05, 4.69) is 20.4 Å². The second-order valence-corrected chi connectivity index (χ2v) is 8.24. The number of fused-ring (bicyclic) bond motifs is 1. The fraction of sp³-hybridized carbons (Fsp3) is 0.364. The van der Waals surface area contributed by atoms with E-state index in [-0.39, 0.29) is 30.1 Å². The summed E-state index contributed by atoms with van der Waals surface area (Å²) >= 11 is 0. The van der Waals surface area contributed by atoms with Gasteiger partial charge in [0.15, 0.2) is 11.2 Å². The molecule has 0 aromatic carbocycles. The third-order valence-corrected chi connectivity index (χ3v) is 5.42. The number of halogens is 2. The minimum atomic E-state index is -3.18. The standard InChI is InChI=1S/C22H23F2N7O4/c1-5-13-7-15(22(3,23)24)26-16(8-13)27-17(32)10-30-11-25-19-18(30)20(33)31(21(34)29(19)4)9-14-6-12(2)35-28-14/h6-8,11H,5,9-10H2,1-4H3,(H,26,27,32). The summed E-state index contributed by atoms with van der Waals surface area (Å²) < 4.78 is 36.1. The van der Waals surface area contributed by atoms with Gasteiger partial charge < -0.3 is 14.4 Å². The molecule has 1 amide bonds. The first kappa shape index (κ1) is 24.0. The van der Waals surface area contributed by atoms with Crippen LogP contribution in [0, 0.1) is 6.92 Å². The summed E-state index contributed by atoms with van der Waals surface area (Å²) in [6.07, 6.45) is 1.73. The highest BCUT2D eigenvalue weighted by Gasteiger charge is 2.27. The zero-order valence-corrected chi connectivity index (χ0v) is 19.5. The van der Waals surface area contributed by atoms with Crippen molar-refractivity contribution in [2.75, 3.05) is 5.32 Å². The molecule has 11 nitrogen and oxygen atoms in total. The van der Waals surface area contributed by atoms with E-state index in [4.69, 9.17) is 4.52 Å². The smallest absolute Gasteiger partial charge is 0.332 e. The number of aryl methyl sites for hydroxylation is 3. The van der Waals surface area contributed by atoms with Crippen molar-refractivity contribution < 1.29 is 18.1 Å². The maximum atomic E-state index is 13.8. The molecule has 4 aromatic rings. The Kier molecular flexibility index (Phi) is 6.09. The summed E-state index contributed by atoms with van der Waals surface area (Å²) in [6, 6.07) is 4.40. The number of anilines is 1. The second-order valence-electron chi connectivity index (χ2n) is 8.24. The molecule has 4 heterocycles. The van der Waals surface area contributed by atoms with Crippen LogP contribution >= 0.6 is 0 Å². The van der Waals surface area contributed by atoms with E-state index >= 15 is 0 Å². The van der Waals surface area contributed by atoms with Gasteiger partial charge in [-0.3, -0.25) is 18.7 Å². The summed E-state index contributed by atoms with van der Waals surface area (Å²) in [5, 5.41) is 6.32. The Morgan fingerprint density at radius 1 is 1.23 bits per heavy atom. The Morgan fingerprint density at radius 2 is 1.97 bits per heavy atom. The molecule has 0 fully saturated rings. The van der Waals surface area contributed by atoms with Gasteiger partial charge in [0.25, 0.3) is 11.5 Å². The number of carbonyl (C=O) groups excluding carboxylic acids is 1. The van der Waals surface area contributed by atoms with Crippen molar-refractivity contribution in [1.82, 2.24) is 28.8 Å². The van der Waals surface area contributed by atoms with Gasteiger partial charge in [-0.1, -0.05) is 12.1 Å². The molecule has 184 valence electrons. The predicted octanol–water partition coefficient (Wildman–Crippen LogP) is 1.95. The highest BCUT2D eigenvalue weighted by molar-refractivity contribution is 5.90. The molecule has 0 unspecified atom stereocenters. The number of amides is 1. The molecule has 4 aromatic heterocycles. The van der Waals surface area contributed by atoms with Crippen LogP contribution in [-0.4, -0.2) is 34.7 Å². The molecule has 0 aliphatic rings. The lowest BCUT2D eigenvalue weighted by atomic mass is 10.1. The number of pyridine rings is 1. The van der Waals surface area contributed by atoms with Gasteiger partial charge in [0.05, 0.1) is 12.9 Å². The molecule has 0 radical (unpaired) electrons. The van der Waals surface area contributed by atoms with Gasteiger partial charge in [-0.2, -0.15) is 8.78 Å². The molecule has 13 heteroatoms. The monoisotopic (exact) mass is 487 g/mol. The molecule has 1 N–H and O–H groups in total. The van der Waals surface area contributed by atoms with Gasteiger partial charge in [0.1, 0.15) is 29.5 Å². The number of carbonyl (C=O) groups is 1. The van der Waals surface area contributed by atoms with E-state index in [0.717, 1.165) is 11.5 Å². The van der Waals surface area contributed by atoms with Crippen LogP contribution in [0.5, 0.6) is 0 Å². The molecular formula is C22H23F2N7O4. The van der Waals surface area contributed by atoms with E-state index in [0.29, 0.717) is 23.4 Å². The highest BCUT2D eigenvalue weighted by atomic mass is 19.3. The number of alkyl halides is 2. The molecule has 35 heavy (non-hydrogen) atoms. The van der Waals surface area contributed by atoms with Crippen LogP contribution < -0.4 is 16.6 Å². The molecule has 0 aliphatic heterocycles. The van der Waals surface area contributed by atoms with Crippen LogP contribution in [0.4, 0.5) is 14.6 Å². The van der Waals surface area contributed by atoms with E-state index in [9.17, 15) is 23.2 Å². The van der Waals surface area contributed by atoms with Gasteiger partial charge in [0.2, 0.25) is 5.91 Å². The van der Waals surface area contributed by atoms with E-state index in [1.165, 1.54) is 34.6 Å². The van der Waals surface area contributed by atoms with Gasteiger partial charge in [0, 0.05) is 20.0 Å². The Balaban J connectivity index is 1.67. The number of aromatic nitrogens is 6. The Bertz CT molecular complexity index is 1540. The van der Waals surface area contributed by atoms with E-state index in [1.54, 1.807) is 19.9 Å². The molecule has 0 atom stereocenters. The average Bonchev–Trinajstić information content (AvgIpc) is 3.40. The SMILES string of the molecule is CCc1cc(NC(=O)Cn2cnc3c2c(=O)n(Cc2cc(C)on2)c(=O)n3C)nc(C(C)(F)F)c1. The third-order valence-electron chi connectivity index (χ3n) is 5.42. The lowest BCUT2D eigenvalue weighted by Gasteiger charge is -2.14. The third kappa shape index (κ3) is 4.74. The molecule has 0 aliphatic carbocycles. The first-order valence-corrected chi connectivity index (χ1v) is 10.7. The first-order valence-electron chi connectivity index (χ1n) is 10.7. The molecule has 4 rings (SSSR count). The topological polar surface area (TPSA) is 130 Å². The average molecular weight is 487 g/mol. The van der Waals surface area contributed by atoms with Gasteiger partial charge in [-0.15, -0.1) is 0 Å². The number of nitrogens with one attached hydrogen (secondary N) is 1. The van der Waals surface area contributed by atoms with Crippen molar-refractivity contribution >= 4 is 22.9 Å². The molecule has 0 saturated heterocycles. The summed E-state index contributed by atoms with van der Waals surface area (Å²) in [4.78, 5) is 46.6. The zero-order chi connectivity index (χ0) is 25.5. The molecule has 0 bridgehead atoms. The number of imidazole rings is 1. The van der Waals surface area contributed by atoms with Crippen molar-refractivity contribution in [3.8, 4) is 0 Å². The van der Waals surface area contributed by atoms with Crippen LogP contribution in [0.2, 0.25) is 0 Å². The van der Waals surface area contributed by atoms with Crippen LogP contribution in [0.25, 0.3) is 11.2 Å². The molecule has 0 saturated carbocycles. The second kappa shape index (κ2) is 8.89. The number of hydrogen-bond acceptors (Lipinski definition) is 7. The van der Waals surface area contributed by atoms with Crippen LogP contribution in [0.15, 0.2) is 38.6 Å². The summed E-state index contributed by atoms with van der Waals surface area (Å²) in [5.41, 5.74) is -0.630. The normalized spacial score (nSPS) is 11.8. The molecule has 0 spiro atoms. The zero-order valence-electron chi connectivity index (χ0n) is 19.5. The number of hydrogen-bond donors (Lipinski definition) is 1. The minimum Gasteiger partial charge on any atom is -0.361 e. The fourth-order valence-electron chi connectivity index (χ4n) is 3.65. The summed E-state index contributed by atoms with van der Waals surface area (Å²) in [7, 11) is 1.46. The molecular weight excluding hydrogens is 464 g/mol. The summed E-state index contributed by atoms with van der Waals surface area (Å²) in [6.45, 7) is 3.73. The minimum absolute atomic E-state index is 0.0264. The van der Waals surface area contributed by atoms with Crippen LogP contribution in [0.3, 0.4) is 0 Å². The van der Waals surface area contributed by atoms with Crippen molar-refractivity contribution in [3.05, 3.63) is 68.1 Å². The first-order chi connectivity index (χ1) is 16.5. The van der Waals surface area contributed by atoms with Crippen molar-refractivity contribution in [2.24, 2.45) is 7.05 Å². The van der Waals surface area contributed by atoms with Crippen LogP contribution in [-0.2, 0) is 37.3 Å². The number of rotatable bonds is 7. The van der Waals surface area contributed by atoms with Crippen molar-refractivity contribution in [3.63, 3.8) is 0 Å². The fourth-order valence-corrected chi connectivity index (χ4v) is 3.65. The quantitative estimate of drug-likeness (QED) is 0.422. The van der Waals surface area contributed by atoms with Gasteiger partial charge in [-0.05, 0) is 31.0 Å². The summed E-state index contributed by atoms with van der Waals surface area (Å²) in [5.74, 6) is -3.29. The van der Waals surface area contributed by atoms with E-state index in [1.807, 2.05) is 0 Å². The van der Waals surface area contributed by atoms with Crippen LogP contribution in [0.1, 0.15) is 36.6 Å². The predicted molar refractivity (Wildman–Crippen MR) is 121 cm³/mol. The Hall–Kier alpha value is -4.16. The van der Waals surface area contributed by atoms with Gasteiger partial charge in [-0.25, -0.2) is 14.8 Å². The largest absolute Gasteiger partial charge is 0.361 e. The van der Waals surface area contributed by atoms with E-state index < -0.39 is 28.8 Å². The lowest BCUT2D eigenvalue weighted by Crippen LogP contribution is -2.40. The maximum absolute atomic E-state index is 13.8. The van der Waals surface area contributed by atoms with Crippen molar-refractivity contribution in [2.45, 2.75) is 46.2 Å². The highest BCUT2D eigenvalue weighted by Crippen LogP contribution is 2.27. The van der Waals surface area contributed by atoms with Crippen molar-refractivity contribution in [1.29, 1.82) is 0 Å². The maximum Gasteiger partial charge on any atom is 0.332 e. The number of nitrogens with zero attached hydrogens (tertiary/aromatic N) is 6. The lowest BCUT2D eigenvalue weighted by molar-refractivity contribution is -0.116. The van der Waals surface area contributed by atoms with Gasteiger partial charge >= 0.3 is 5.69 Å². The Labute approximate surface area is 197 Å².